The fraction of sp³-hybridized carbons (Fsp3) is 0.222. The second-order valence-corrected chi connectivity index (χ2v) is 5.89. The summed E-state index contributed by atoms with van der Waals surface area (Å²) in [7, 11) is 0. The van der Waals surface area contributed by atoms with Crippen LogP contribution in [0.3, 0.4) is 0 Å². The maximum absolute atomic E-state index is 12.5. The molecular formula is C18H16N4O2. The fourth-order valence-corrected chi connectivity index (χ4v) is 2.78. The summed E-state index contributed by atoms with van der Waals surface area (Å²) in [5.74, 6) is 1.18. The normalized spacial score (nSPS) is 14.5. The third-order valence-corrected chi connectivity index (χ3v) is 4.23. The van der Waals surface area contributed by atoms with Crippen LogP contribution in [0.15, 0.2) is 53.2 Å². The monoisotopic (exact) mass is 320 g/mol. The van der Waals surface area contributed by atoms with Gasteiger partial charge in [-0.05, 0) is 30.7 Å². The van der Waals surface area contributed by atoms with Gasteiger partial charge in [-0.2, -0.15) is 4.98 Å². The molecule has 0 saturated carbocycles. The van der Waals surface area contributed by atoms with Crippen LogP contribution in [-0.4, -0.2) is 39.0 Å². The number of carbonyl (C=O) groups is 1. The maximum atomic E-state index is 12.5. The zero-order valence-corrected chi connectivity index (χ0v) is 13.2. The average Bonchev–Trinajstić information content (AvgIpc) is 3.04. The van der Waals surface area contributed by atoms with Crippen molar-refractivity contribution in [2.24, 2.45) is 0 Å². The van der Waals surface area contributed by atoms with Gasteiger partial charge in [0.05, 0.1) is 5.92 Å². The molecule has 0 N–H and O–H groups in total. The molecule has 0 unspecified atom stereocenters. The van der Waals surface area contributed by atoms with Crippen LogP contribution in [-0.2, 0) is 0 Å². The molecule has 0 atom stereocenters. The smallest absolute Gasteiger partial charge is 0.254 e. The van der Waals surface area contributed by atoms with E-state index in [1.807, 2.05) is 49.4 Å². The second-order valence-electron chi connectivity index (χ2n) is 5.89. The van der Waals surface area contributed by atoms with Crippen LogP contribution in [0.4, 0.5) is 0 Å². The molecule has 4 rings (SSSR count). The molecule has 3 heterocycles. The van der Waals surface area contributed by atoms with Crippen LogP contribution in [0.5, 0.6) is 0 Å². The fourth-order valence-electron chi connectivity index (χ4n) is 2.78. The summed E-state index contributed by atoms with van der Waals surface area (Å²) < 4.78 is 5.34. The number of aromatic nitrogens is 3. The Labute approximate surface area is 139 Å². The lowest BCUT2D eigenvalue weighted by molar-refractivity contribution is 0.0568. The van der Waals surface area contributed by atoms with Gasteiger partial charge in [-0.15, -0.1) is 0 Å². The molecule has 6 heteroatoms. The predicted molar refractivity (Wildman–Crippen MR) is 87.4 cm³/mol. The van der Waals surface area contributed by atoms with Crippen LogP contribution in [0.1, 0.15) is 27.7 Å². The van der Waals surface area contributed by atoms with Gasteiger partial charge < -0.3 is 9.42 Å². The minimum Gasteiger partial charge on any atom is -0.338 e. The molecule has 1 aliphatic rings. The van der Waals surface area contributed by atoms with Crippen LogP contribution in [0.25, 0.3) is 11.5 Å². The number of aryl methyl sites for hydroxylation is 1. The summed E-state index contributed by atoms with van der Waals surface area (Å²) in [6.07, 6.45) is 1.69. The van der Waals surface area contributed by atoms with Gasteiger partial charge in [0.2, 0.25) is 11.7 Å². The first kappa shape index (κ1) is 14.6. The van der Waals surface area contributed by atoms with E-state index < -0.39 is 0 Å². The Kier molecular flexibility index (Phi) is 3.57. The van der Waals surface area contributed by atoms with Gasteiger partial charge in [-0.1, -0.05) is 29.4 Å². The first-order valence-corrected chi connectivity index (χ1v) is 7.82. The number of pyridine rings is 1. The zero-order valence-electron chi connectivity index (χ0n) is 13.2. The lowest BCUT2D eigenvalue weighted by Gasteiger charge is -2.37. The summed E-state index contributed by atoms with van der Waals surface area (Å²) in [6.45, 7) is 3.13. The second kappa shape index (κ2) is 5.88. The third kappa shape index (κ3) is 2.56. The summed E-state index contributed by atoms with van der Waals surface area (Å²) in [6, 6.07) is 13.2. The van der Waals surface area contributed by atoms with E-state index in [1.165, 1.54) is 0 Å². The number of rotatable bonds is 3. The zero-order chi connectivity index (χ0) is 16.5. The largest absolute Gasteiger partial charge is 0.338 e. The molecule has 1 fully saturated rings. The molecule has 1 aromatic carbocycles. The van der Waals surface area contributed by atoms with Crippen molar-refractivity contribution >= 4 is 5.91 Å². The summed E-state index contributed by atoms with van der Waals surface area (Å²) in [4.78, 5) is 22.9. The Morgan fingerprint density at radius 2 is 1.96 bits per heavy atom. The molecule has 120 valence electrons. The van der Waals surface area contributed by atoms with Gasteiger partial charge in [0.25, 0.3) is 5.91 Å². The Bertz CT molecular complexity index is 869. The first-order chi connectivity index (χ1) is 11.7. The number of carbonyl (C=O) groups excluding carboxylic acids is 1. The van der Waals surface area contributed by atoms with E-state index in [-0.39, 0.29) is 11.8 Å². The van der Waals surface area contributed by atoms with E-state index in [2.05, 4.69) is 15.1 Å². The SMILES string of the molecule is Cc1ccccc1C(=O)N1CC(c2nc(-c3ccccn3)no2)C1. The standard InChI is InChI=1S/C18H16N4O2/c1-12-6-2-3-7-14(12)18(23)22-10-13(11-22)17-20-16(21-24-17)15-8-4-5-9-19-15/h2-9,13H,10-11H2,1H3. The van der Waals surface area contributed by atoms with Crippen molar-refractivity contribution in [3.05, 3.63) is 65.7 Å². The Balaban J connectivity index is 1.44. The number of hydrogen-bond acceptors (Lipinski definition) is 5. The number of nitrogens with zero attached hydrogens (tertiary/aromatic N) is 4. The molecule has 3 aromatic rings. The lowest BCUT2D eigenvalue weighted by atomic mass is 9.97. The van der Waals surface area contributed by atoms with Crippen molar-refractivity contribution < 1.29 is 9.32 Å². The highest BCUT2D eigenvalue weighted by atomic mass is 16.5. The molecular weight excluding hydrogens is 304 g/mol. The van der Waals surface area contributed by atoms with Crippen LogP contribution in [0, 0.1) is 6.92 Å². The Morgan fingerprint density at radius 3 is 2.71 bits per heavy atom. The molecule has 1 aliphatic heterocycles. The van der Waals surface area contributed by atoms with Crippen molar-refractivity contribution in [2.45, 2.75) is 12.8 Å². The molecule has 0 bridgehead atoms. The van der Waals surface area contributed by atoms with Crippen LogP contribution >= 0.6 is 0 Å². The minimum absolute atomic E-state index is 0.0498. The first-order valence-electron chi connectivity index (χ1n) is 7.82. The number of likely N-dealkylation sites (tertiary alicyclic amines) is 1. The van der Waals surface area contributed by atoms with Gasteiger partial charge in [0, 0.05) is 24.8 Å². The summed E-state index contributed by atoms with van der Waals surface area (Å²) in [5.41, 5.74) is 2.41. The highest BCUT2D eigenvalue weighted by Crippen LogP contribution is 2.28. The van der Waals surface area contributed by atoms with Crippen molar-refractivity contribution in [1.29, 1.82) is 0 Å². The Hall–Kier alpha value is -3.02. The quantitative estimate of drug-likeness (QED) is 0.742. The molecule has 0 aliphatic carbocycles. The number of benzene rings is 1. The van der Waals surface area contributed by atoms with Gasteiger partial charge in [0.15, 0.2) is 0 Å². The highest BCUT2D eigenvalue weighted by Gasteiger charge is 2.36. The third-order valence-electron chi connectivity index (χ3n) is 4.23. The number of hydrogen-bond donors (Lipinski definition) is 0. The summed E-state index contributed by atoms with van der Waals surface area (Å²) >= 11 is 0. The van der Waals surface area contributed by atoms with Crippen molar-refractivity contribution in [1.82, 2.24) is 20.0 Å². The minimum atomic E-state index is 0.0498. The van der Waals surface area contributed by atoms with Crippen molar-refractivity contribution in [3.8, 4) is 11.5 Å². The van der Waals surface area contributed by atoms with Gasteiger partial charge in [-0.25, -0.2) is 0 Å². The van der Waals surface area contributed by atoms with Gasteiger partial charge in [0.1, 0.15) is 5.69 Å². The average molecular weight is 320 g/mol. The highest BCUT2D eigenvalue weighted by molar-refractivity contribution is 5.96. The van der Waals surface area contributed by atoms with E-state index in [1.54, 1.807) is 11.1 Å². The summed E-state index contributed by atoms with van der Waals surface area (Å²) in [5, 5.41) is 3.98. The molecule has 6 nitrogen and oxygen atoms in total. The van der Waals surface area contributed by atoms with E-state index in [4.69, 9.17) is 4.52 Å². The molecule has 24 heavy (non-hydrogen) atoms. The van der Waals surface area contributed by atoms with Crippen LogP contribution in [0.2, 0.25) is 0 Å². The van der Waals surface area contributed by atoms with E-state index in [0.717, 1.165) is 11.1 Å². The molecule has 0 spiro atoms. The van der Waals surface area contributed by atoms with Gasteiger partial charge >= 0.3 is 0 Å². The topological polar surface area (TPSA) is 72.1 Å². The lowest BCUT2D eigenvalue weighted by Crippen LogP contribution is -2.48. The Morgan fingerprint density at radius 1 is 1.17 bits per heavy atom. The van der Waals surface area contributed by atoms with Gasteiger partial charge in [-0.3, -0.25) is 9.78 Å². The van der Waals surface area contributed by atoms with E-state index in [0.29, 0.717) is 30.5 Å². The van der Waals surface area contributed by atoms with E-state index in [9.17, 15) is 4.79 Å². The number of amides is 1. The molecule has 2 aromatic heterocycles. The molecule has 1 saturated heterocycles. The van der Waals surface area contributed by atoms with E-state index >= 15 is 0 Å². The predicted octanol–water partition coefficient (Wildman–Crippen LogP) is 2.68. The van der Waals surface area contributed by atoms with Crippen molar-refractivity contribution in [2.75, 3.05) is 13.1 Å². The molecule has 1 amide bonds. The maximum Gasteiger partial charge on any atom is 0.254 e. The van der Waals surface area contributed by atoms with Crippen molar-refractivity contribution in [3.63, 3.8) is 0 Å². The molecule has 0 radical (unpaired) electrons. The van der Waals surface area contributed by atoms with Crippen LogP contribution < -0.4 is 0 Å².